The van der Waals surface area contributed by atoms with Crippen LogP contribution >= 0.6 is 0 Å². The Hall–Kier alpha value is -4.27. The normalized spacial score (nSPS) is 10.9. The molecule has 1 amide bonds. The number of hydrogen-bond acceptors (Lipinski definition) is 6. The molecule has 3 heterocycles. The number of anilines is 1. The number of hydrogen-bond donors (Lipinski definition) is 1. The molecule has 0 aliphatic heterocycles. The predicted octanol–water partition coefficient (Wildman–Crippen LogP) is 3.85. The van der Waals surface area contributed by atoms with Crippen LogP contribution in [0.2, 0.25) is 0 Å². The molecule has 0 aliphatic rings. The van der Waals surface area contributed by atoms with Gasteiger partial charge in [0.05, 0.1) is 11.3 Å². The number of aromatic nitrogens is 5. The van der Waals surface area contributed by atoms with Crippen molar-refractivity contribution in [2.24, 2.45) is 0 Å². The number of rotatable bonds is 7. The molecule has 0 spiro atoms. The van der Waals surface area contributed by atoms with Crippen LogP contribution in [0.5, 0.6) is 0 Å². The molecule has 0 atom stereocenters. The summed E-state index contributed by atoms with van der Waals surface area (Å²) in [6.07, 6.45) is 0. The summed E-state index contributed by atoms with van der Waals surface area (Å²) >= 11 is 0. The second-order valence-corrected chi connectivity index (χ2v) is 8.51. The van der Waals surface area contributed by atoms with Gasteiger partial charge in [0.1, 0.15) is 5.82 Å². The van der Waals surface area contributed by atoms with Gasteiger partial charge in [-0.05, 0) is 52.3 Å². The summed E-state index contributed by atoms with van der Waals surface area (Å²) in [4.78, 5) is 34.2. The number of nitrogens with one attached hydrogen (secondary N) is 1. The highest BCUT2D eigenvalue weighted by Crippen LogP contribution is 2.19. The van der Waals surface area contributed by atoms with E-state index >= 15 is 0 Å². The standard InChI is InChI=1S/C26H28N6O3/c1-16-11-17(2)28-26(27-16)32-23(12-18(3)30-32)29-24(33)15-35-25(34)22-13-19(4)31(20(22)5)14-21-9-7-6-8-10-21/h6-13H,14-15H2,1-5H3,(H,29,33). The lowest BCUT2D eigenvalue weighted by Gasteiger charge is -2.10. The van der Waals surface area contributed by atoms with E-state index in [0.717, 1.165) is 28.3 Å². The van der Waals surface area contributed by atoms with Crippen molar-refractivity contribution in [3.05, 3.63) is 88.1 Å². The van der Waals surface area contributed by atoms with Crippen molar-refractivity contribution in [3.63, 3.8) is 0 Å². The zero-order chi connectivity index (χ0) is 25.1. The SMILES string of the molecule is Cc1cc(C)nc(-n2nc(C)cc2NC(=O)COC(=O)c2cc(C)n(Cc3ccccc3)c2C)n1. The first-order chi connectivity index (χ1) is 16.7. The van der Waals surface area contributed by atoms with Crippen LogP contribution in [-0.2, 0) is 16.1 Å². The fourth-order valence-corrected chi connectivity index (χ4v) is 3.95. The summed E-state index contributed by atoms with van der Waals surface area (Å²) in [6.45, 7) is 9.57. The topological polar surface area (TPSA) is 104 Å². The highest BCUT2D eigenvalue weighted by molar-refractivity contribution is 5.96. The molecule has 0 bridgehead atoms. The molecule has 0 aliphatic carbocycles. The third kappa shape index (κ3) is 5.46. The van der Waals surface area contributed by atoms with Crippen LogP contribution in [0.25, 0.3) is 5.95 Å². The molecule has 3 aromatic heterocycles. The Balaban J connectivity index is 1.43. The van der Waals surface area contributed by atoms with Crippen molar-refractivity contribution >= 4 is 17.7 Å². The molecule has 0 saturated heterocycles. The zero-order valence-corrected chi connectivity index (χ0v) is 20.5. The molecule has 0 fully saturated rings. The zero-order valence-electron chi connectivity index (χ0n) is 20.5. The van der Waals surface area contributed by atoms with Crippen molar-refractivity contribution in [2.45, 2.75) is 41.2 Å². The second kappa shape index (κ2) is 9.92. The molecule has 9 nitrogen and oxygen atoms in total. The van der Waals surface area contributed by atoms with E-state index in [1.165, 1.54) is 4.68 Å². The first-order valence-electron chi connectivity index (χ1n) is 11.3. The Morgan fingerprint density at radius 2 is 1.60 bits per heavy atom. The highest BCUT2D eigenvalue weighted by Gasteiger charge is 2.19. The number of benzene rings is 1. The van der Waals surface area contributed by atoms with E-state index in [1.807, 2.05) is 64.1 Å². The van der Waals surface area contributed by atoms with Crippen LogP contribution in [0.3, 0.4) is 0 Å². The number of ether oxygens (including phenoxy) is 1. The minimum absolute atomic E-state index is 0.355. The third-order valence-electron chi connectivity index (χ3n) is 5.57. The van der Waals surface area contributed by atoms with Crippen LogP contribution in [0.4, 0.5) is 5.82 Å². The van der Waals surface area contributed by atoms with Crippen LogP contribution in [0, 0.1) is 34.6 Å². The molecule has 0 unspecified atom stereocenters. The van der Waals surface area contributed by atoms with Crippen LogP contribution in [0.15, 0.2) is 48.5 Å². The summed E-state index contributed by atoms with van der Waals surface area (Å²) < 4.78 is 8.84. The molecule has 4 rings (SSSR count). The van der Waals surface area contributed by atoms with E-state index in [4.69, 9.17) is 4.74 Å². The fourth-order valence-electron chi connectivity index (χ4n) is 3.95. The van der Waals surface area contributed by atoms with Gasteiger partial charge in [0.15, 0.2) is 6.61 Å². The molecule has 1 N–H and O–H groups in total. The number of carbonyl (C=O) groups is 2. The molecule has 35 heavy (non-hydrogen) atoms. The van der Waals surface area contributed by atoms with E-state index in [-0.39, 0.29) is 0 Å². The molecule has 9 heteroatoms. The van der Waals surface area contributed by atoms with Crippen LogP contribution in [0.1, 0.15) is 44.4 Å². The second-order valence-electron chi connectivity index (χ2n) is 8.51. The lowest BCUT2D eigenvalue weighted by atomic mass is 10.2. The van der Waals surface area contributed by atoms with E-state index in [0.29, 0.717) is 29.6 Å². The quantitative estimate of drug-likeness (QED) is 0.410. The average molecular weight is 473 g/mol. The largest absolute Gasteiger partial charge is 0.452 e. The highest BCUT2D eigenvalue weighted by atomic mass is 16.5. The number of esters is 1. The average Bonchev–Trinajstić information content (AvgIpc) is 3.31. The lowest BCUT2D eigenvalue weighted by molar-refractivity contribution is -0.119. The minimum atomic E-state index is -0.546. The van der Waals surface area contributed by atoms with E-state index < -0.39 is 18.5 Å². The monoisotopic (exact) mass is 472 g/mol. The van der Waals surface area contributed by atoms with Crippen molar-refractivity contribution < 1.29 is 14.3 Å². The van der Waals surface area contributed by atoms with Gasteiger partial charge in [0, 0.05) is 35.4 Å². The summed E-state index contributed by atoms with van der Waals surface area (Å²) in [6, 6.07) is 15.4. The van der Waals surface area contributed by atoms with Gasteiger partial charge in [-0.2, -0.15) is 9.78 Å². The van der Waals surface area contributed by atoms with E-state index in [2.05, 4.69) is 25.0 Å². The molecular weight excluding hydrogens is 444 g/mol. The molecule has 0 radical (unpaired) electrons. The number of nitrogens with zero attached hydrogens (tertiary/aromatic N) is 5. The van der Waals surface area contributed by atoms with Crippen LogP contribution in [-0.4, -0.2) is 42.8 Å². The lowest BCUT2D eigenvalue weighted by Crippen LogP contribution is -2.23. The first kappa shape index (κ1) is 23.9. The first-order valence-corrected chi connectivity index (χ1v) is 11.3. The van der Waals surface area contributed by atoms with Gasteiger partial charge in [-0.25, -0.2) is 14.8 Å². The summed E-state index contributed by atoms with van der Waals surface area (Å²) in [7, 11) is 0. The van der Waals surface area contributed by atoms with Gasteiger partial charge >= 0.3 is 5.97 Å². The molecule has 180 valence electrons. The summed E-state index contributed by atoms with van der Waals surface area (Å²) in [5.74, 6) is -0.278. The van der Waals surface area contributed by atoms with Gasteiger partial charge in [-0.3, -0.25) is 4.79 Å². The number of carbonyl (C=O) groups excluding carboxylic acids is 2. The number of amides is 1. The van der Waals surface area contributed by atoms with Crippen molar-refractivity contribution in [1.82, 2.24) is 24.3 Å². The Labute approximate surface area is 203 Å². The Bertz CT molecular complexity index is 1370. The van der Waals surface area contributed by atoms with Crippen LogP contribution < -0.4 is 5.32 Å². The summed E-state index contributed by atoms with van der Waals surface area (Å²) in [5.41, 5.74) is 5.57. The van der Waals surface area contributed by atoms with Gasteiger partial charge in [0.2, 0.25) is 0 Å². The minimum Gasteiger partial charge on any atom is -0.452 e. The van der Waals surface area contributed by atoms with Crippen molar-refractivity contribution in [2.75, 3.05) is 11.9 Å². The maximum absolute atomic E-state index is 12.8. The molecular formula is C26H28N6O3. The van der Waals surface area contributed by atoms with Gasteiger partial charge in [-0.1, -0.05) is 30.3 Å². The Kier molecular flexibility index (Phi) is 6.77. The molecule has 0 saturated carbocycles. The van der Waals surface area contributed by atoms with E-state index in [1.54, 1.807) is 19.1 Å². The van der Waals surface area contributed by atoms with Crippen molar-refractivity contribution in [3.8, 4) is 5.95 Å². The fraction of sp³-hybridized carbons (Fsp3) is 0.269. The molecule has 4 aromatic rings. The van der Waals surface area contributed by atoms with Gasteiger partial charge < -0.3 is 14.6 Å². The Morgan fingerprint density at radius 1 is 0.914 bits per heavy atom. The van der Waals surface area contributed by atoms with Gasteiger partial charge in [0.25, 0.3) is 11.9 Å². The Morgan fingerprint density at radius 3 is 2.29 bits per heavy atom. The van der Waals surface area contributed by atoms with Crippen molar-refractivity contribution in [1.29, 1.82) is 0 Å². The van der Waals surface area contributed by atoms with Gasteiger partial charge in [-0.15, -0.1) is 0 Å². The predicted molar refractivity (Wildman–Crippen MR) is 132 cm³/mol. The maximum Gasteiger partial charge on any atom is 0.340 e. The maximum atomic E-state index is 12.8. The summed E-state index contributed by atoms with van der Waals surface area (Å²) in [5, 5.41) is 7.12. The smallest absolute Gasteiger partial charge is 0.340 e. The number of aryl methyl sites for hydroxylation is 4. The molecule has 1 aromatic carbocycles. The van der Waals surface area contributed by atoms with E-state index in [9.17, 15) is 9.59 Å². The third-order valence-corrected chi connectivity index (χ3v) is 5.57.